The molecular weight excluding hydrogens is 531 g/mol. The van der Waals surface area contributed by atoms with Crippen molar-refractivity contribution in [1.29, 1.82) is 0 Å². The Kier molecular flexibility index (Phi) is 10.2. The summed E-state index contributed by atoms with van der Waals surface area (Å²) in [5.41, 5.74) is 1.72. The van der Waals surface area contributed by atoms with E-state index in [9.17, 15) is 9.59 Å². The van der Waals surface area contributed by atoms with Gasteiger partial charge in [-0.15, -0.1) is 0 Å². The fraction of sp³-hybridized carbons (Fsp3) is 0.250. The molecule has 0 aliphatic heterocycles. The number of hydrogen-bond acceptors (Lipinski definition) is 3. The van der Waals surface area contributed by atoms with Gasteiger partial charge in [-0.05, 0) is 41.1 Å². The van der Waals surface area contributed by atoms with Crippen LogP contribution in [0, 0.1) is 0 Å². The van der Waals surface area contributed by atoms with Gasteiger partial charge in [0.25, 0.3) is 5.91 Å². The molecule has 39 heavy (non-hydrogen) atoms. The third-order valence-corrected chi connectivity index (χ3v) is 7.28. The third-order valence-electron chi connectivity index (χ3n) is 6.54. The quantitative estimate of drug-likeness (QED) is 0.188. The van der Waals surface area contributed by atoms with E-state index in [1.807, 2.05) is 78.9 Å². The number of ether oxygens (including phenoxy) is 1. The first-order chi connectivity index (χ1) is 19.0. The zero-order valence-corrected chi connectivity index (χ0v) is 23.4. The standard InChI is InChI=1S/C32H32Cl2N2O3/c1-2-3-18-35-32(38)29(20-23-10-5-4-6-11-23)36(21-24-16-17-27(33)28(34)19-24)31(37)22-39-30-15-9-13-25-12-7-8-14-26(25)30/h4-17,19,29H,2-3,18,20-22H2,1H3,(H,35,38)/t29-/m0/s1. The molecule has 5 nitrogen and oxygen atoms in total. The van der Waals surface area contributed by atoms with Crippen molar-refractivity contribution < 1.29 is 14.3 Å². The lowest BCUT2D eigenvalue weighted by atomic mass is 10.0. The van der Waals surface area contributed by atoms with Crippen molar-refractivity contribution in [3.8, 4) is 5.75 Å². The van der Waals surface area contributed by atoms with E-state index >= 15 is 0 Å². The Bertz CT molecular complexity index is 1410. The summed E-state index contributed by atoms with van der Waals surface area (Å²) in [6.07, 6.45) is 2.17. The van der Waals surface area contributed by atoms with Crippen molar-refractivity contribution in [2.24, 2.45) is 0 Å². The summed E-state index contributed by atoms with van der Waals surface area (Å²) >= 11 is 12.4. The van der Waals surface area contributed by atoms with Gasteiger partial charge < -0.3 is 15.0 Å². The first kappa shape index (κ1) is 28.5. The van der Waals surface area contributed by atoms with Crippen molar-refractivity contribution in [2.75, 3.05) is 13.2 Å². The van der Waals surface area contributed by atoms with Gasteiger partial charge in [0, 0.05) is 24.9 Å². The SMILES string of the molecule is CCCCNC(=O)[C@H](Cc1ccccc1)N(Cc1ccc(Cl)c(Cl)c1)C(=O)COc1cccc2ccccc12. The van der Waals surface area contributed by atoms with Crippen molar-refractivity contribution in [2.45, 2.75) is 38.8 Å². The largest absolute Gasteiger partial charge is 0.483 e. The van der Waals surface area contributed by atoms with Crippen LogP contribution in [0.5, 0.6) is 5.75 Å². The molecule has 0 aromatic heterocycles. The summed E-state index contributed by atoms with van der Waals surface area (Å²) in [7, 11) is 0. The topological polar surface area (TPSA) is 58.6 Å². The number of fused-ring (bicyclic) bond motifs is 1. The minimum absolute atomic E-state index is 0.174. The van der Waals surface area contributed by atoms with Crippen LogP contribution in [0.25, 0.3) is 10.8 Å². The van der Waals surface area contributed by atoms with E-state index in [2.05, 4.69) is 12.2 Å². The van der Waals surface area contributed by atoms with Gasteiger partial charge >= 0.3 is 0 Å². The van der Waals surface area contributed by atoms with Crippen molar-refractivity contribution in [3.63, 3.8) is 0 Å². The van der Waals surface area contributed by atoms with E-state index in [4.69, 9.17) is 27.9 Å². The summed E-state index contributed by atoms with van der Waals surface area (Å²) in [4.78, 5) is 29.0. The second kappa shape index (κ2) is 14.0. The fourth-order valence-electron chi connectivity index (χ4n) is 4.44. The molecule has 4 aromatic carbocycles. The summed E-state index contributed by atoms with van der Waals surface area (Å²) in [5.74, 6) is 0.106. The average Bonchev–Trinajstić information content (AvgIpc) is 2.96. The number of nitrogens with zero attached hydrogens (tertiary/aromatic N) is 1. The number of carbonyl (C=O) groups excluding carboxylic acids is 2. The Morgan fingerprint density at radius 1 is 0.872 bits per heavy atom. The van der Waals surface area contributed by atoms with Crippen LogP contribution in [0.1, 0.15) is 30.9 Å². The predicted octanol–water partition coefficient (Wildman–Crippen LogP) is 7.08. The molecule has 0 bridgehead atoms. The number of benzene rings is 4. The van der Waals surface area contributed by atoms with Gasteiger partial charge in [0.2, 0.25) is 5.91 Å². The summed E-state index contributed by atoms with van der Waals surface area (Å²) in [6, 6.07) is 27.8. The van der Waals surface area contributed by atoms with Crippen molar-refractivity contribution in [1.82, 2.24) is 10.2 Å². The number of nitrogens with one attached hydrogen (secondary N) is 1. The Labute approximate surface area is 239 Å². The van der Waals surface area contributed by atoms with E-state index in [0.717, 1.165) is 34.7 Å². The van der Waals surface area contributed by atoms with E-state index in [-0.39, 0.29) is 25.0 Å². The summed E-state index contributed by atoms with van der Waals surface area (Å²) in [5, 5.41) is 5.78. The van der Waals surface area contributed by atoms with Crippen molar-refractivity contribution in [3.05, 3.63) is 112 Å². The monoisotopic (exact) mass is 562 g/mol. The van der Waals surface area contributed by atoms with Gasteiger partial charge in [0.15, 0.2) is 6.61 Å². The van der Waals surface area contributed by atoms with E-state index in [1.165, 1.54) is 0 Å². The highest BCUT2D eigenvalue weighted by molar-refractivity contribution is 6.42. The van der Waals surface area contributed by atoms with Gasteiger partial charge in [0.05, 0.1) is 10.0 Å². The smallest absolute Gasteiger partial charge is 0.261 e. The molecule has 202 valence electrons. The second-order valence-corrected chi connectivity index (χ2v) is 10.2. The highest BCUT2D eigenvalue weighted by Crippen LogP contribution is 2.26. The lowest BCUT2D eigenvalue weighted by Crippen LogP contribution is -2.51. The van der Waals surface area contributed by atoms with Gasteiger partial charge in [-0.1, -0.05) is 109 Å². The van der Waals surface area contributed by atoms with Gasteiger partial charge in [-0.2, -0.15) is 0 Å². The number of amides is 2. The molecule has 0 radical (unpaired) electrons. The molecule has 2 amide bonds. The molecule has 0 unspecified atom stereocenters. The zero-order valence-electron chi connectivity index (χ0n) is 21.9. The lowest BCUT2D eigenvalue weighted by molar-refractivity contribution is -0.142. The maximum Gasteiger partial charge on any atom is 0.261 e. The van der Waals surface area contributed by atoms with Crippen LogP contribution in [0.15, 0.2) is 91.0 Å². The summed E-state index contributed by atoms with van der Waals surface area (Å²) in [6.45, 7) is 2.57. The molecule has 0 spiro atoms. The fourth-order valence-corrected chi connectivity index (χ4v) is 4.76. The average molecular weight is 564 g/mol. The van der Waals surface area contributed by atoms with Crippen LogP contribution >= 0.6 is 23.2 Å². The van der Waals surface area contributed by atoms with Crippen LogP contribution in [0.4, 0.5) is 0 Å². The molecule has 0 fully saturated rings. The summed E-state index contributed by atoms with van der Waals surface area (Å²) < 4.78 is 6.05. The van der Waals surface area contributed by atoms with Crippen LogP contribution in [0.3, 0.4) is 0 Å². The van der Waals surface area contributed by atoms with E-state index in [0.29, 0.717) is 28.8 Å². The normalized spacial score (nSPS) is 11.7. The van der Waals surface area contributed by atoms with Crippen LogP contribution in [-0.2, 0) is 22.6 Å². The van der Waals surface area contributed by atoms with E-state index < -0.39 is 6.04 Å². The predicted molar refractivity (Wildman–Crippen MR) is 158 cm³/mol. The van der Waals surface area contributed by atoms with Gasteiger partial charge in [-0.3, -0.25) is 9.59 Å². The highest BCUT2D eigenvalue weighted by Gasteiger charge is 2.30. The number of carbonyl (C=O) groups is 2. The number of halogens is 2. The Morgan fingerprint density at radius 3 is 2.38 bits per heavy atom. The van der Waals surface area contributed by atoms with Crippen LogP contribution in [0.2, 0.25) is 10.0 Å². The van der Waals surface area contributed by atoms with Crippen LogP contribution < -0.4 is 10.1 Å². The minimum Gasteiger partial charge on any atom is -0.483 e. The Hall–Kier alpha value is -3.54. The number of unbranched alkanes of at least 4 members (excludes halogenated alkanes) is 1. The Morgan fingerprint density at radius 2 is 1.62 bits per heavy atom. The van der Waals surface area contributed by atoms with Gasteiger partial charge in [-0.25, -0.2) is 0 Å². The molecule has 0 aliphatic carbocycles. The van der Waals surface area contributed by atoms with Gasteiger partial charge in [0.1, 0.15) is 11.8 Å². The molecule has 0 saturated heterocycles. The minimum atomic E-state index is -0.748. The lowest BCUT2D eigenvalue weighted by Gasteiger charge is -2.31. The molecule has 4 rings (SSSR count). The number of rotatable bonds is 12. The highest BCUT2D eigenvalue weighted by atomic mass is 35.5. The Balaban J connectivity index is 1.64. The molecule has 4 aromatic rings. The van der Waals surface area contributed by atoms with E-state index in [1.54, 1.807) is 17.0 Å². The molecule has 0 saturated carbocycles. The molecule has 7 heteroatoms. The maximum atomic E-state index is 13.8. The van der Waals surface area contributed by atoms with Crippen LogP contribution in [-0.4, -0.2) is 35.9 Å². The molecule has 1 N–H and O–H groups in total. The molecule has 0 aliphatic rings. The number of hydrogen-bond donors (Lipinski definition) is 1. The first-order valence-corrected chi connectivity index (χ1v) is 13.9. The molecule has 1 atom stereocenters. The maximum absolute atomic E-state index is 13.8. The second-order valence-electron chi connectivity index (χ2n) is 9.39. The zero-order chi connectivity index (χ0) is 27.6. The first-order valence-electron chi connectivity index (χ1n) is 13.1. The van der Waals surface area contributed by atoms with Crippen molar-refractivity contribution >= 4 is 45.8 Å². The third kappa shape index (κ3) is 7.75. The molecule has 0 heterocycles. The molecular formula is C32H32Cl2N2O3.